The Bertz CT molecular complexity index is 543. The number of benzene rings is 2. The predicted molar refractivity (Wildman–Crippen MR) is 84.1 cm³/mol. The van der Waals surface area contributed by atoms with Crippen LogP contribution in [0.5, 0.6) is 5.75 Å². The van der Waals surface area contributed by atoms with Crippen LogP contribution in [0.2, 0.25) is 5.02 Å². The number of hydrogen-bond donors (Lipinski definition) is 2. The highest BCUT2D eigenvalue weighted by molar-refractivity contribution is 6.30. The standard InChI is InChI=1S/C16H19ClN2O/c1-12(2)20-16-9-8-14(17)10-13(16)11-18-19-15-6-4-3-5-7-15/h3-10,12,18-19H,11H2,1-2H3. The molecule has 0 atom stereocenters. The first-order valence-corrected chi connectivity index (χ1v) is 7.02. The van der Waals surface area contributed by atoms with Gasteiger partial charge in [-0.3, -0.25) is 0 Å². The molecule has 0 spiro atoms. The van der Waals surface area contributed by atoms with Gasteiger partial charge in [0, 0.05) is 22.8 Å². The Morgan fingerprint density at radius 2 is 1.85 bits per heavy atom. The molecule has 2 aromatic carbocycles. The lowest BCUT2D eigenvalue weighted by molar-refractivity contribution is 0.239. The van der Waals surface area contributed by atoms with Crippen molar-refractivity contribution in [3.63, 3.8) is 0 Å². The van der Waals surface area contributed by atoms with Gasteiger partial charge in [0.05, 0.1) is 6.10 Å². The molecule has 0 aliphatic heterocycles. The topological polar surface area (TPSA) is 33.3 Å². The summed E-state index contributed by atoms with van der Waals surface area (Å²) < 4.78 is 5.78. The first-order valence-electron chi connectivity index (χ1n) is 6.64. The van der Waals surface area contributed by atoms with E-state index in [-0.39, 0.29) is 6.10 Å². The lowest BCUT2D eigenvalue weighted by atomic mass is 10.2. The minimum Gasteiger partial charge on any atom is -0.491 e. The summed E-state index contributed by atoms with van der Waals surface area (Å²) in [4.78, 5) is 0. The molecule has 0 heterocycles. The average Bonchev–Trinajstić information content (AvgIpc) is 2.42. The maximum atomic E-state index is 6.05. The van der Waals surface area contributed by atoms with Crippen LogP contribution < -0.4 is 15.6 Å². The third-order valence-corrected chi connectivity index (χ3v) is 2.91. The summed E-state index contributed by atoms with van der Waals surface area (Å²) >= 11 is 6.05. The Morgan fingerprint density at radius 1 is 1.10 bits per heavy atom. The van der Waals surface area contributed by atoms with Crippen molar-refractivity contribution in [3.8, 4) is 5.75 Å². The van der Waals surface area contributed by atoms with Crippen LogP contribution in [-0.2, 0) is 6.54 Å². The Hall–Kier alpha value is -1.71. The van der Waals surface area contributed by atoms with E-state index in [2.05, 4.69) is 10.9 Å². The minimum atomic E-state index is 0.136. The van der Waals surface area contributed by atoms with Crippen molar-refractivity contribution in [1.82, 2.24) is 5.43 Å². The lowest BCUT2D eigenvalue weighted by Gasteiger charge is -2.15. The molecular formula is C16H19ClN2O. The molecule has 0 saturated carbocycles. The molecule has 106 valence electrons. The van der Waals surface area contributed by atoms with Gasteiger partial charge in [-0.25, -0.2) is 5.43 Å². The second-order valence-electron chi connectivity index (χ2n) is 4.76. The summed E-state index contributed by atoms with van der Waals surface area (Å²) in [6.45, 7) is 4.64. The number of para-hydroxylation sites is 1. The molecule has 4 heteroatoms. The van der Waals surface area contributed by atoms with Crippen molar-refractivity contribution in [2.75, 3.05) is 5.43 Å². The van der Waals surface area contributed by atoms with Crippen LogP contribution in [0, 0.1) is 0 Å². The molecule has 2 N–H and O–H groups in total. The molecule has 0 amide bonds. The first-order chi connectivity index (χ1) is 9.65. The molecule has 0 aliphatic carbocycles. The highest BCUT2D eigenvalue weighted by atomic mass is 35.5. The van der Waals surface area contributed by atoms with E-state index in [1.807, 2.05) is 62.4 Å². The Labute approximate surface area is 124 Å². The summed E-state index contributed by atoms with van der Waals surface area (Å²) in [5.74, 6) is 0.853. The Kier molecular flexibility index (Phi) is 5.27. The SMILES string of the molecule is CC(C)Oc1ccc(Cl)cc1CNNc1ccccc1. The van der Waals surface area contributed by atoms with E-state index < -0.39 is 0 Å². The van der Waals surface area contributed by atoms with E-state index in [0.29, 0.717) is 11.6 Å². The van der Waals surface area contributed by atoms with Gasteiger partial charge >= 0.3 is 0 Å². The largest absolute Gasteiger partial charge is 0.491 e. The summed E-state index contributed by atoms with van der Waals surface area (Å²) in [5, 5.41) is 0.706. The van der Waals surface area contributed by atoms with Crippen LogP contribution in [-0.4, -0.2) is 6.10 Å². The summed E-state index contributed by atoms with van der Waals surface area (Å²) in [7, 11) is 0. The maximum absolute atomic E-state index is 6.05. The normalized spacial score (nSPS) is 10.6. The fourth-order valence-electron chi connectivity index (χ4n) is 1.82. The zero-order chi connectivity index (χ0) is 14.4. The van der Waals surface area contributed by atoms with Crippen LogP contribution in [0.4, 0.5) is 5.69 Å². The van der Waals surface area contributed by atoms with Gasteiger partial charge in [0.1, 0.15) is 5.75 Å². The quantitative estimate of drug-likeness (QED) is 0.781. The van der Waals surface area contributed by atoms with Crippen LogP contribution in [0.15, 0.2) is 48.5 Å². The van der Waals surface area contributed by atoms with E-state index in [1.165, 1.54) is 0 Å². The summed E-state index contributed by atoms with van der Waals surface area (Å²) in [6, 6.07) is 15.6. The van der Waals surface area contributed by atoms with Gasteiger partial charge in [0.25, 0.3) is 0 Å². The molecule has 20 heavy (non-hydrogen) atoms. The third-order valence-electron chi connectivity index (χ3n) is 2.67. The lowest BCUT2D eigenvalue weighted by Crippen LogP contribution is -2.21. The van der Waals surface area contributed by atoms with Gasteiger partial charge in [-0.15, -0.1) is 0 Å². The number of hydrazine groups is 1. The van der Waals surface area contributed by atoms with Crippen LogP contribution in [0.25, 0.3) is 0 Å². The fraction of sp³-hybridized carbons (Fsp3) is 0.250. The van der Waals surface area contributed by atoms with E-state index >= 15 is 0 Å². The Morgan fingerprint density at radius 3 is 2.55 bits per heavy atom. The highest BCUT2D eigenvalue weighted by Crippen LogP contribution is 2.23. The van der Waals surface area contributed by atoms with Crippen molar-refractivity contribution in [1.29, 1.82) is 0 Å². The van der Waals surface area contributed by atoms with Crippen molar-refractivity contribution >= 4 is 17.3 Å². The molecular weight excluding hydrogens is 272 g/mol. The average molecular weight is 291 g/mol. The molecule has 0 fully saturated rings. The van der Waals surface area contributed by atoms with Gasteiger partial charge in [0.15, 0.2) is 0 Å². The monoisotopic (exact) mass is 290 g/mol. The van der Waals surface area contributed by atoms with E-state index in [1.54, 1.807) is 0 Å². The van der Waals surface area contributed by atoms with Crippen molar-refractivity contribution < 1.29 is 4.74 Å². The van der Waals surface area contributed by atoms with Crippen LogP contribution in [0.1, 0.15) is 19.4 Å². The second-order valence-corrected chi connectivity index (χ2v) is 5.20. The fourth-order valence-corrected chi connectivity index (χ4v) is 2.01. The first kappa shape index (κ1) is 14.7. The highest BCUT2D eigenvalue weighted by Gasteiger charge is 2.06. The molecule has 0 unspecified atom stereocenters. The zero-order valence-electron chi connectivity index (χ0n) is 11.7. The molecule has 0 bridgehead atoms. The molecule has 0 aromatic heterocycles. The summed E-state index contributed by atoms with van der Waals surface area (Å²) in [5.41, 5.74) is 8.35. The second kappa shape index (κ2) is 7.17. The van der Waals surface area contributed by atoms with Crippen molar-refractivity contribution in [2.24, 2.45) is 0 Å². The van der Waals surface area contributed by atoms with E-state index in [0.717, 1.165) is 17.0 Å². The van der Waals surface area contributed by atoms with Crippen LogP contribution in [0.3, 0.4) is 0 Å². The van der Waals surface area contributed by atoms with Gasteiger partial charge in [-0.1, -0.05) is 29.8 Å². The maximum Gasteiger partial charge on any atom is 0.124 e. The number of nitrogens with one attached hydrogen (secondary N) is 2. The van der Waals surface area contributed by atoms with Gasteiger partial charge in [-0.05, 0) is 44.2 Å². The number of anilines is 1. The molecule has 2 aromatic rings. The molecule has 3 nitrogen and oxygen atoms in total. The van der Waals surface area contributed by atoms with Crippen LogP contribution >= 0.6 is 11.6 Å². The summed E-state index contributed by atoms with van der Waals surface area (Å²) in [6.07, 6.45) is 0.136. The number of halogens is 1. The minimum absolute atomic E-state index is 0.136. The van der Waals surface area contributed by atoms with Gasteiger partial charge in [-0.2, -0.15) is 0 Å². The predicted octanol–water partition coefficient (Wildman–Crippen LogP) is 4.24. The number of hydrogen-bond acceptors (Lipinski definition) is 3. The van der Waals surface area contributed by atoms with E-state index in [4.69, 9.17) is 16.3 Å². The smallest absolute Gasteiger partial charge is 0.124 e. The molecule has 0 radical (unpaired) electrons. The number of rotatable bonds is 6. The van der Waals surface area contributed by atoms with E-state index in [9.17, 15) is 0 Å². The van der Waals surface area contributed by atoms with Gasteiger partial charge in [0.2, 0.25) is 0 Å². The molecule has 0 aliphatic rings. The molecule has 0 saturated heterocycles. The van der Waals surface area contributed by atoms with Crippen molar-refractivity contribution in [2.45, 2.75) is 26.5 Å². The zero-order valence-corrected chi connectivity index (χ0v) is 12.4. The molecule has 2 rings (SSSR count). The number of ether oxygens (including phenoxy) is 1. The van der Waals surface area contributed by atoms with Gasteiger partial charge < -0.3 is 10.2 Å². The Balaban J connectivity index is 1.99. The third kappa shape index (κ3) is 4.44. The van der Waals surface area contributed by atoms with Crippen molar-refractivity contribution in [3.05, 3.63) is 59.1 Å².